The molecule has 2 fully saturated rings. The van der Waals surface area contributed by atoms with Crippen molar-refractivity contribution in [1.29, 1.82) is 0 Å². The van der Waals surface area contributed by atoms with Gasteiger partial charge in [0.1, 0.15) is 0 Å². The summed E-state index contributed by atoms with van der Waals surface area (Å²) < 4.78 is 80.5. The van der Waals surface area contributed by atoms with Crippen molar-refractivity contribution in [2.24, 2.45) is 11.8 Å². The van der Waals surface area contributed by atoms with E-state index in [4.69, 9.17) is 0 Å². The average molecular weight is 468 g/mol. The van der Waals surface area contributed by atoms with Crippen molar-refractivity contribution >= 4 is 11.6 Å². The summed E-state index contributed by atoms with van der Waals surface area (Å²) in [5, 5.41) is 7.57. The average Bonchev–Trinajstić information content (AvgIpc) is 3.44. The Labute approximate surface area is 184 Å². The number of nitrogens with zero attached hydrogens (tertiary/aromatic N) is 4. The molecule has 1 aliphatic carbocycles. The van der Waals surface area contributed by atoms with E-state index in [-0.39, 0.29) is 34.8 Å². The monoisotopic (exact) mass is 468 g/mol. The molecule has 1 saturated heterocycles. The Morgan fingerprint density at radius 1 is 0.879 bits per heavy atom. The van der Waals surface area contributed by atoms with Crippen LogP contribution in [-0.4, -0.2) is 38.5 Å². The lowest BCUT2D eigenvalue weighted by molar-refractivity contribution is -0.139. The Hall–Kier alpha value is -3.11. The highest BCUT2D eigenvalue weighted by atomic mass is 19.4. The molecule has 5 nitrogen and oxygen atoms in total. The highest BCUT2D eigenvalue weighted by Gasteiger charge is 2.45. The third-order valence-corrected chi connectivity index (χ3v) is 6.67. The number of benzene rings is 1. The molecule has 1 saturated carbocycles. The molecule has 2 aliphatic rings. The van der Waals surface area contributed by atoms with Gasteiger partial charge in [-0.1, -0.05) is 18.2 Å². The second-order valence-corrected chi connectivity index (χ2v) is 8.65. The number of halogens is 6. The summed E-state index contributed by atoms with van der Waals surface area (Å²) in [6.07, 6.45) is -7.18. The van der Waals surface area contributed by atoms with Gasteiger partial charge in [-0.25, -0.2) is 0 Å². The maximum atomic E-state index is 13.4. The van der Waals surface area contributed by atoms with Crippen molar-refractivity contribution in [2.45, 2.75) is 31.1 Å². The predicted molar refractivity (Wildman–Crippen MR) is 104 cm³/mol. The van der Waals surface area contributed by atoms with Crippen molar-refractivity contribution in [2.75, 3.05) is 13.1 Å². The number of carbonyl (C=O) groups excluding carboxylic acids is 1. The third kappa shape index (κ3) is 3.83. The van der Waals surface area contributed by atoms with E-state index < -0.39 is 29.4 Å². The van der Waals surface area contributed by atoms with Gasteiger partial charge in [0.05, 0.1) is 11.1 Å². The molecular weight excluding hydrogens is 450 g/mol. The van der Waals surface area contributed by atoms with E-state index in [0.717, 1.165) is 28.8 Å². The van der Waals surface area contributed by atoms with Gasteiger partial charge < -0.3 is 4.90 Å². The maximum absolute atomic E-state index is 13.4. The largest absolute Gasteiger partial charge is 0.417 e. The van der Waals surface area contributed by atoms with E-state index in [1.54, 1.807) is 6.07 Å². The van der Waals surface area contributed by atoms with Crippen LogP contribution in [0.1, 0.15) is 46.1 Å². The summed E-state index contributed by atoms with van der Waals surface area (Å²) in [5.41, 5.74) is -1.15. The summed E-state index contributed by atoms with van der Waals surface area (Å²) >= 11 is 0. The Morgan fingerprint density at radius 3 is 2.18 bits per heavy atom. The number of aromatic nitrogens is 3. The molecule has 0 bridgehead atoms. The van der Waals surface area contributed by atoms with Gasteiger partial charge in [-0.15, -0.1) is 10.2 Å². The quantitative estimate of drug-likeness (QED) is 0.496. The van der Waals surface area contributed by atoms with Crippen molar-refractivity contribution in [3.05, 3.63) is 65.1 Å². The zero-order valence-corrected chi connectivity index (χ0v) is 17.1. The molecule has 5 rings (SSSR count). The fourth-order valence-corrected chi connectivity index (χ4v) is 5.18. The first-order valence-corrected chi connectivity index (χ1v) is 10.4. The minimum Gasteiger partial charge on any atom is -0.335 e. The van der Waals surface area contributed by atoms with Gasteiger partial charge in [0.15, 0.2) is 5.65 Å². The molecule has 174 valence electrons. The van der Waals surface area contributed by atoms with E-state index in [1.165, 1.54) is 17.0 Å². The topological polar surface area (TPSA) is 50.5 Å². The zero-order valence-electron chi connectivity index (χ0n) is 17.1. The molecule has 2 aromatic heterocycles. The van der Waals surface area contributed by atoms with Gasteiger partial charge in [-0.3, -0.25) is 9.20 Å². The van der Waals surface area contributed by atoms with Gasteiger partial charge in [0, 0.05) is 19.3 Å². The standard InChI is InChI=1S/C22H18F6N4O/c23-21(24,25)15-5-6-18-29-30-19(32(18)11-15)20(33)31-9-13-7-12(8-14(13)10-31)16-3-1-2-4-17(16)22(26,27)28/h1-6,11-14H,7-10H2/t12?,13-,14+. The van der Waals surface area contributed by atoms with Gasteiger partial charge in [0.2, 0.25) is 5.82 Å². The second-order valence-electron chi connectivity index (χ2n) is 8.65. The van der Waals surface area contributed by atoms with Gasteiger partial charge in [0.25, 0.3) is 5.91 Å². The van der Waals surface area contributed by atoms with Crippen LogP contribution in [0.5, 0.6) is 0 Å². The van der Waals surface area contributed by atoms with Crippen LogP contribution in [-0.2, 0) is 12.4 Å². The normalized spacial score (nSPS) is 23.3. The lowest BCUT2D eigenvalue weighted by Crippen LogP contribution is -2.31. The second kappa shape index (κ2) is 7.46. The third-order valence-electron chi connectivity index (χ3n) is 6.67. The number of pyridine rings is 1. The van der Waals surface area contributed by atoms with Crippen LogP contribution in [0.25, 0.3) is 5.65 Å². The Bertz CT molecular complexity index is 1200. The van der Waals surface area contributed by atoms with Gasteiger partial charge in [-0.05, 0) is 54.4 Å². The smallest absolute Gasteiger partial charge is 0.335 e. The fourth-order valence-electron chi connectivity index (χ4n) is 5.18. The van der Waals surface area contributed by atoms with E-state index in [2.05, 4.69) is 10.2 Å². The number of fused-ring (bicyclic) bond motifs is 2. The first-order valence-electron chi connectivity index (χ1n) is 10.4. The minimum absolute atomic E-state index is 0.0187. The van der Waals surface area contributed by atoms with Crippen LogP contribution in [0.3, 0.4) is 0 Å². The van der Waals surface area contributed by atoms with E-state index in [1.807, 2.05) is 0 Å². The van der Waals surface area contributed by atoms with Crippen LogP contribution in [0, 0.1) is 11.8 Å². The van der Waals surface area contributed by atoms with Crippen LogP contribution in [0.2, 0.25) is 0 Å². The molecule has 1 aromatic carbocycles. The van der Waals surface area contributed by atoms with Crippen LogP contribution < -0.4 is 0 Å². The van der Waals surface area contributed by atoms with Gasteiger partial charge in [-0.2, -0.15) is 26.3 Å². The molecular formula is C22H18F6N4O. The SMILES string of the molecule is O=C(c1nnc2ccc(C(F)(F)F)cn12)N1C[C@H]2CC(c3ccccc3C(F)(F)F)C[C@H]2C1. The number of amides is 1. The minimum atomic E-state index is -4.58. The molecule has 3 atom stereocenters. The first-order chi connectivity index (χ1) is 15.5. The van der Waals surface area contributed by atoms with Crippen molar-refractivity contribution in [1.82, 2.24) is 19.5 Å². The van der Waals surface area contributed by atoms with E-state index >= 15 is 0 Å². The maximum Gasteiger partial charge on any atom is 0.417 e. The lowest BCUT2D eigenvalue weighted by Gasteiger charge is -2.21. The zero-order chi connectivity index (χ0) is 23.5. The Morgan fingerprint density at radius 2 is 1.55 bits per heavy atom. The van der Waals surface area contributed by atoms with Crippen molar-refractivity contribution in [3.8, 4) is 0 Å². The van der Waals surface area contributed by atoms with Crippen molar-refractivity contribution < 1.29 is 31.1 Å². The molecule has 0 radical (unpaired) electrons. The lowest BCUT2D eigenvalue weighted by atomic mass is 9.91. The highest BCUT2D eigenvalue weighted by Crippen LogP contribution is 2.49. The number of carbonyl (C=O) groups is 1. The summed E-state index contributed by atoms with van der Waals surface area (Å²) in [7, 11) is 0. The van der Waals surface area contributed by atoms with Crippen LogP contribution in [0.4, 0.5) is 26.3 Å². The summed E-state index contributed by atoms with van der Waals surface area (Å²) in [6.45, 7) is 0.643. The molecule has 11 heteroatoms. The Kier molecular flexibility index (Phi) is 4.91. The summed E-state index contributed by atoms with van der Waals surface area (Å²) in [6, 6.07) is 7.59. The Balaban J connectivity index is 1.34. The number of rotatable bonds is 2. The summed E-state index contributed by atoms with van der Waals surface area (Å²) in [5.74, 6) is -0.966. The van der Waals surface area contributed by atoms with Crippen molar-refractivity contribution in [3.63, 3.8) is 0 Å². The van der Waals surface area contributed by atoms with E-state index in [9.17, 15) is 31.1 Å². The molecule has 3 heterocycles. The molecule has 0 spiro atoms. The molecule has 1 unspecified atom stereocenters. The molecule has 1 aliphatic heterocycles. The molecule has 0 N–H and O–H groups in total. The number of alkyl halides is 6. The summed E-state index contributed by atoms with van der Waals surface area (Å²) in [4.78, 5) is 14.5. The number of hydrogen-bond acceptors (Lipinski definition) is 3. The molecule has 1 amide bonds. The van der Waals surface area contributed by atoms with E-state index in [0.29, 0.717) is 25.9 Å². The first kappa shape index (κ1) is 21.7. The number of hydrogen-bond donors (Lipinski definition) is 0. The molecule has 3 aromatic rings. The van der Waals surface area contributed by atoms with Gasteiger partial charge >= 0.3 is 12.4 Å². The van der Waals surface area contributed by atoms with Crippen LogP contribution in [0.15, 0.2) is 42.6 Å². The van der Waals surface area contributed by atoms with Crippen LogP contribution >= 0.6 is 0 Å². The number of likely N-dealkylation sites (tertiary alicyclic amines) is 1. The molecule has 33 heavy (non-hydrogen) atoms. The fraction of sp³-hybridized carbons (Fsp3) is 0.409. The predicted octanol–water partition coefficient (Wildman–Crippen LogP) is 5.03. The highest BCUT2D eigenvalue weighted by molar-refractivity contribution is 5.91.